The number of nitrogens with zero attached hydrogens (tertiary/aromatic N) is 2. The van der Waals surface area contributed by atoms with E-state index in [9.17, 15) is 19.2 Å². The lowest BCUT2D eigenvalue weighted by Gasteiger charge is -2.30. The van der Waals surface area contributed by atoms with Gasteiger partial charge in [-0.15, -0.1) is 0 Å². The second kappa shape index (κ2) is 9.91. The van der Waals surface area contributed by atoms with E-state index in [0.717, 1.165) is 21.1 Å². The molecule has 9 heteroatoms. The summed E-state index contributed by atoms with van der Waals surface area (Å²) >= 11 is 13.1. The molecule has 1 aliphatic heterocycles. The summed E-state index contributed by atoms with van der Waals surface area (Å²) in [4.78, 5) is 53.6. The fourth-order valence-electron chi connectivity index (χ4n) is 4.43. The van der Waals surface area contributed by atoms with Crippen molar-refractivity contribution in [3.63, 3.8) is 0 Å². The predicted octanol–water partition coefficient (Wildman–Crippen LogP) is 5.12. The molecule has 34 heavy (non-hydrogen) atoms. The zero-order valence-corrected chi connectivity index (χ0v) is 22.6. The topological polar surface area (TPSA) is 74.8 Å². The summed E-state index contributed by atoms with van der Waals surface area (Å²) in [5, 5.41) is 2.34. The average molecular weight is 611 g/mol. The fourth-order valence-corrected chi connectivity index (χ4v) is 5.80. The number of benzene rings is 2. The normalized spacial score (nSPS) is 24.2. The molecule has 0 aromatic heterocycles. The number of halogens is 3. The smallest absolute Gasteiger partial charge is 0.273 e. The van der Waals surface area contributed by atoms with Gasteiger partial charge in [0.2, 0.25) is 0 Å². The lowest BCUT2D eigenvalue weighted by atomic mass is 9.81. The van der Waals surface area contributed by atoms with Crippen molar-refractivity contribution in [3.8, 4) is 0 Å². The molecule has 4 atom stereocenters. The first kappa shape index (κ1) is 25.1. The Hall–Kier alpha value is -2.03. The number of hydrogen-bond acceptors (Lipinski definition) is 4. The Kier molecular flexibility index (Phi) is 7.31. The van der Waals surface area contributed by atoms with Gasteiger partial charge < -0.3 is 0 Å². The van der Waals surface area contributed by atoms with Crippen LogP contribution in [0.5, 0.6) is 0 Å². The van der Waals surface area contributed by atoms with Crippen LogP contribution in [0.4, 0.5) is 0 Å². The lowest BCUT2D eigenvalue weighted by molar-refractivity contribution is -0.154. The van der Waals surface area contributed by atoms with E-state index in [4.69, 9.17) is 11.6 Å². The molecule has 3 amide bonds. The number of hydrogen-bond donors (Lipinski definition) is 0. The maximum absolute atomic E-state index is 13.5. The first-order valence-electron chi connectivity index (χ1n) is 10.9. The van der Waals surface area contributed by atoms with Crippen molar-refractivity contribution in [3.05, 3.63) is 69.7 Å². The molecule has 4 rings (SSSR count). The third-order valence-corrected chi connectivity index (χ3v) is 9.56. The SMILES string of the molecule is Cc1ccc(C(=O)CN(C(=O)c2ccc(Cl)cc2)N2C(=O)[C@@H]3C[C@H](Br)[C@@H](Br)C[C@H]3C2=O)cc1C. The third-order valence-electron chi connectivity index (χ3n) is 6.58. The monoisotopic (exact) mass is 608 g/mol. The minimum absolute atomic E-state index is 0.0306. The second-order valence-corrected chi connectivity index (χ2v) is 11.6. The molecule has 1 heterocycles. The standard InChI is InChI=1S/C25H23Br2ClN2O4/c1-13-3-4-16(9-14(13)2)22(31)12-29(23(32)15-5-7-17(28)8-6-15)30-24(33)18-10-20(26)21(27)11-19(18)25(30)34/h3-9,18-21H,10-12H2,1-2H3/t18-,19-,20+,21+/m1/s1. The highest BCUT2D eigenvalue weighted by molar-refractivity contribution is 9.12. The minimum atomic E-state index is -0.611. The van der Waals surface area contributed by atoms with Crippen LogP contribution in [0, 0.1) is 25.7 Å². The van der Waals surface area contributed by atoms with Gasteiger partial charge in [-0.25, -0.2) is 5.01 Å². The molecule has 2 aromatic carbocycles. The van der Waals surface area contributed by atoms with Gasteiger partial charge in [-0.3, -0.25) is 19.2 Å². The van der Waals surface area contributed by atoms with Crippen molar-refractivity contribution in [2.24, 2.45) is 11.8 Å². The van der Waals surface area contributed by atoms with E-state index in [2.05, 4.69) is 31.9 Å². The Morgan fingerprint density at radius 3 is 1.97 bits per heavy atom. The van der Waals surface area contributed by atoms with E-state index in [1.165, 1.54) is 12.1 Å². The molecular weight excluding hydrogens is 588 g/mol. The Labute approximate surface area is 219 Å². The number of carbonyl (C=O) groups excluding carboxylic acids is 4. The van der Waals surface area contributed by atoms with E-state index in [0.29, 0.717) is 23.4 Å². The molecule has 0 radical (unpaired) electrons. The van der Waals surface area contributed by atoms with Gasteiger partial charge in [0.05, 0.1) is 11.8 Å². The van der Waals surface area contributed by atoms with E-state index >= 15 is 0 Å². The second-order valence-electron chi connectivity index (χ2n) is 8.80. The molecule has 0 spiro atoms. The van der Waals surface area contributed by atoms with Gasteiger partial charge >= 0.3 is 0 Å². The van der Waals surface area contributed by atoms with Gasteiger partial charge in [-0.1, -0.05) is 55.6 Å². The van der Waals surface area contributed by atoms with E-state index in [1.54, 1.807) is 24.3 Å². The summed E-state index contributed by atoms with van der Waals surface area (Å²) < 4.78 is 0. The maximum atomic E-state index is 13.5. The molecule has 1 aliphatic carbocycles. The highest BCUT2D eigenvalue weighted by Gasteiger charge is 2.54. The molecule has 2 aromatic rings. The molecule has 0 N–H and O–H groups in total. The summed E-state index contributed by atoms with van der Waals surface area (Å²) in [5.74, 6) is -2.95. The van der Waals surface area contributed by atoms with Gasteiger partial charge in [0.25, 0.3) is 17.7 Å². The number of rotatable bonds is 5. The van der Waals surface area contributed by atoms with Crippen molar-refractivity contribution in [2.45, 2.75) is 36.3 Å². The Morgan fingerprint density at radius 2 is 1.44 bits per heavy atom. The number of imide groups is 1. The Morgan fingerprint density at radius 1 is 0.912 bits per heavy atom. The number of alkyl halides is 2. The summed E-state index contributed by atoms with van der Waals surface area (Å²) in [6, 6.07) is 11.4. The van der Waals surface area contributed by atoms with Gasteiger partial charge in [-0.2, -0.15) is 5.01 Å². The maximum Gasteiger partial charge on any atom is 0.273 e. The zero-order chi connectivity index (χ0) is 24.7. The molecule has 0 bridgehead atoms. The molecule has 2 fully saturated rings. The highest BCUT2D eigenvalue weighted by atomic mass is 79.9. The molecule has 178 valence electrons. The summed E-state index contributed by atoms with van der Waals surface area (Å²) in [7, 11) is 0. The van der Waals surface area contributed by atoms with E-state index in [-0.39, 0.29) is 21.0 Å². The number of amides is 3. The highest BCUT2D eigenvalue weighted by Crippen LogP contribution is 2.43. The van der Waals surface area contributed by atoms with Crippen LogP contribution in [-0.2, 0) is 9.59 Å². The van der Waals surface area contributed by atoms with Crippen LogP contribution in [0.1, 0.15) is 44.7 Å². The number of carbonyl (C=O) groups is 4. The molecular formula is C25H23Br2ClN2O4. The van der Waals surface area contributed by atoms with Crippen LogP contribution >= 0.6 is 43.5 Å². The number of hydrazine groups is 1. The summed E-state index contributed by atoms with van der Waals surface area (Å²) in [6.45, 7) is 3.41. The molecule has 1 saturated heterocycles. The van der Waals surface area contributed by atoms with Crippen molar-refractivity contribution >= 4 is 67.0 Å². The van der Waals surface area contributed by atoms with Crippen LogP contribution in [-0.4, -0.2) is 49.7 Å². The molecule has 1 saturated carbocycles. The van der Waals surface area contributed by atoms with Crippen molar-refractivity contribution in [1.82, 2.24) is 10.0 Å². The Balaban J connectivity index is 1.70. The van der Waals surface area contributed by atoms with Gasteiger partial charge in [0.15, 0.2) is 5.78 Å². The average Bonchev–Trinajstić information content (AvgIpc) is 3.03. The van der Waals surface area contributed by atoms with Crippen molar-refractivity contribution in [2.75, 3.05) is 6.54 Å². The fraction of sp³-hybridized carbons (Fsp3) is 0.360. The molecule has 2 aliphatic rings. The zero-order valence-electron chi connectivity index (χ0n) is 18.6. The van der Waals surface area contributed by atoms with Gasteiger partial charge in [0, 0.05) is 25.8 Å². The van der Waals surface area contributed by atoms with Crippen LogP contribution in [0.2, 0.25) is 5.02 Å². The van der Waals surface area contributed by atoms with Crippen molar-refractivity contribution < 1.29 is 19.2 Å². The minimum Gasteiger partial charge on any atom is -0.292 e. The van der Waals surface area contributed by atoms with E-state index in [1.807, 2.05) is 19.9 Å². The first-order chi connectivity index (χ1) is 16.1. The van der Waals surface area contributed by atoms with E-state index < -0.39 is 36.1 Å². The summed E-state index contributed by atoms with van der Waals surface area (Å²) in [6.07, 6.45) is 0.936. The van der Waals surface area contributed by atoms with Crippen LogP contribution < -0.4 is 0 Å². The number of fused-ring (bicyclic) bond motifs is 1. The largest absolute Gasteiger partial charge is 0.292 e. The van der Waals surface area contributed by atoms with Gasteiger partial charge in [0.1, 0.15) is 6.54 Å². The molecule has 6 nitrogen and oxygen atoms in total. The van der Waals surface area contributed by atoms with Crippen LogP contribution in [0.3, 0.4) is 0 Å². The number of Topliss-reactive ketones (excluding diaryl/α,β-unsaturated/α-hetero) is 1. The third kappa shape index (κ3) is 4.72. The van der Waals surface area contributed by atoms with Crippen LogP contribution in [0.15, 0.2) is 42.5 Å². The van der Waals surface area contributed by atoms with Crippen LogP contribution in [0.25, 0.3) is 0 Å². The number of aryl methyl sites for hydroxylation is 2. The van der Waals surface area contributed by atoms with Gasteiger partial charge in [-0.05, 0) is 68.1 Å². The lowest BCUT2D eigenvalue weighted by Crippen LogP contribution is -2.52. The quantitative estimate of drug-likeness (QED) is 0.268. The predicted molar refractivity (Wildman–Crippen MR) is 136 cm³/mol. The first-order valence-corrected chi connectivity index (χ1v) is 13.1. The number of ketones is 1. The Bertz CT molecular complexity index is 1140. The van der Waals surface area contributed by atoms with Crippen molar-refractivity contribution in [1.29, 1.82) is 0 Å². The molecule has 0 unspecified atom stereocenters. The summed E-state index contributed by atoms with van der Waals surface area (Å²) in [5.41, 5.74) is 2.61.